The van der Waals surface area contributed by atoms with E-state index in [9.17, 15) is 5.11 Å². The van der Waals surface area contributed by atoms with Crippen LogP contribution in [0.2, 0.25) is 5.02 Å². The van der Waals surface area contributed by atoms with Crippen molar-refractivity contribution in [2.75, 3.05) is 19.6 Å². The third-order valence-electron chi connectivity index (χ3n) is 7.04. The van der Waals surface area contributed by atoms with E-state index in [1.54, 1.807) is 0 Å². The molecule has 0 radical (unpaired) electrons. The number of hydrogen-bond acceptors (Lipinski definition) is 4. The van der Waals surface area contributed by atoms with Crippen molar-refractivity contribution in [2.45, 2.75) is 69.1 Å². The van der Waals surface area contributed by atoms with Crippen molar-refractivity contribution >= 4 is 11.6 Å². The highest BCUT2D eigenvalue weighted by molar-refractivity contribution is 6.32. The van der Waals surface area contributed by atoms with Gasteiger partial charge < -0.3 is 20.5 Å². The summed E-state index contributed by atoms with van der Waals surface area (Å²) in [5.41, 5.74) is 7.65. The Labute approximate surface area is 191 Å². The summed E-state index contributed by atoms with van der Waals surface area (Å²) in [4.78, 5) is 2.47. The fourth-order valence-electron chi connectivity index (χ4n) is 5.08. The van der Waals surface area contributed by atoms with E-state index < -0.39 is 5.60 Å². The maximum absolute atomic E-state index is 11.7. The van der Waals surface area contributed by atoms with Crippen LogP contribution in [0, 0.1) is 0 Å². The predicted octanol–water partition coefficient (Wildman–Crippen LogP) is 5.12. The van der Waals surface area contributed by atoms with Crippen LogP contribution in [-0.4, -0.2) is 41.3 Å². The first kappa shape index (κ1) is 22.6. The van der Waals surface area contributed by atoms with Gasteiger partial charge in [0.2, 0.25) is 0 Å². The number of nitrogens with two attached hydrogens (primary N) is 1. The molecule has 3 N–H and O–H groups in total. The zero-order chi connectivity index (χ0) is 21.7. The van der Waals surface area contributed by atoms with Crippen molar-refractivity contribution in [3.63, 3.8) is 0 Å². The SMILES string of the molecule is NC1CCN(CC(c2ccc(OCc3ccccc3)c(Cl)c2)C2(O)CCCCC2)CC1. The number of halogens is 1. The van der Waals surface area contributed by atoms with Crippen LogP contribution in [-0.2, 0) is 6.61 Å². The van der Waals surface area contributed by atoms with Gasteiger partial charge in [-0.05, 0) is 62.0 Å². The lowest BCUT2D eigenvalue weighted by Crippen LogP contribution is -2.47. The van der Waals surface area contributed by atoms with Crippen molar-refractivity contribution < 1.29 is 9.84 Å². The zero-order valence-corrected chi connectivity index (χ0v) is 19.1. The summed E-state index contributed by atoms with van der Waals surface area (Å²) >= 11 is 6.65. The molecule has 4 nitrogen and oxygen atoms in total. The quantitative estimate of drug-likeness (QED) is 0.624. The Bertz CT molecular complexity index is 831. The summed E-state index contributed by atoms with van der Waals surface area (Å²) in [5, 5.41) is 12.3. The molecule has 0 spiro atoms. The molecule has 1 atom stereocenters. The molecule has 0 aromatic heterocycles. The zero-order valence-electron chi connectivity index (χ0n) is 18.3. The minimum Gasteiger partial charge on any atom is -0.487 e. The summed E-state index contributed by atoms with van der Waals surface area (Å²) in [7, 11) is 0. The number of nitrogens with zero attached hydrogens (tertiary/aromatic N) is 1. The average Bonchev–Trinajstić information content (AvgIpc) is 2.79. The standard InChI is InChI=1S/C26H35ClN2O2/c27-24-17-21(9-10-25(24)31-19-20-7-3-1-4-8-20)23(26(30)13-5-2-6-14-26)18-29-15-11-22(28)12-16-29/h1,3-4,7-10,17,22-23,30H,2,5-6,11-16,18-19,28H2. The molecule has 1 heterocycles. The van der Waals surface area contributed by atoms with Gasteiger partial charge in [-0.2, -0.15) is 0 Å². The maximum atomic E-state index is 11.7. The lowest BCUT2D eigenvalue weighted by atomic mass is 9.72. The van der Waals surface area contributed by atoms with Crippen LogP contribution >= 0.6 is 11.6 Å². The van der Waals surface area contributed by atoms with Gasteiger partial charge in [0, 0.05) is 18.5 Å². The molecule has 0 amide bonds. The second kappa shape index (κ2) is 10.4. The van der Waals surface area contributed by atoms with E-state index in [4.69, 9.17) is 22.1 Å². The normalized spacial score (nSPS) is 21.0. The third-order valence-corrected chi connectivity index (χ3v) is 7.33. The van der Waals surface area contributed by atoms with Gasteiger partial charge in [0.1, 0.15) is 12.4 Å². The van der Waals surface area contributed by atoms with Crippen molar-refractivity contribution in [1.82, 2.24) is 4.90 Å². The van der Waals surface area contributed by atoms with Gasteiger partial charge in [-0.15, -0.1) is 0 Å². The first-order chi connectivity index (χ1) is 15.0. The van der Waals surface area contributed by atoms with E-state index in [1.807, 2.05) is 42.5 Å². The molecule has 1 aliphatic heterocycles. The number of aliphatic hydroxyl groups is 1. The molecule has 5 heteroatoms. The third kappa shape index (κ3) is 5.81. The van der Waals surface area contributed by atoms with E-state index in [1.165, 1.54) is 6.42 Å². The number of piperidine rings is 1. The van der Waals surface area contributed by atoms with Gasteiger partial charge in [-0.3, -0.25) is 0 Å². The number of hydrogen-bond donors (Lipinski definition) is 2. The molecule has 31 heavy (non-hydrogen) atoms. The van der Waals surface area contributed by atoms with Crippen molar-refractivity contribution in [3.8, 4) is 5.75 Å². The lowest BCUT2D eigenvalue weighted by molar-refractivity contribution is -0.0324. The van der Waals surface area contributed by atoms with Gasteiger partial charge in [0.15, 0.2) is 0 Å². The highest BCUT2D eigenvalue weighted by Crippen LogP contribution is 2.42. The molecule has 2 aliphatic rings. The summed E-state index contributed by atoms with van der Waals surface area (Å²) in [5.74, 6) is 0.732. The van der Waals surface area contributed by atoms with Crippen molar-refractivity contribution in [2.24, 2.45) is 5.73 Å². The molecule has 2 fully saturated rings. The second-order valence-electron chi connectivity index (χ2n) is 9.32. The topological polar surface area (TPSA) is 58.7 Å². The van der Waals surface area contributed by atoms with Gasteiger partial charge >= 0.3 is 0 Å². The number of likely N-dealkylation sites (tertiary alicyclic amines) is 1. The van der Waals surface area contributed by atoms with E-state index >= 15 is 0 Å². The Morgan fingerprint density at radius 3 is 2.45 bits per heavy atom. The molecule has 2 aromatic carbocycles. The van der Waals surface area contributed by atoms with Gasteiger partial charge in [0.05, 0.1) is 10.6 Å². The Balaban J connectivity index is 1.51. The molecular weight excluding hydrogens is 408 g/mol. The van der Waals surface area contributed by atoms with Gasteiger partial charge in [-0.25, -0.2) is 0 Å². The molecular formula is C26H35ClN2O2. The monoisotopic (exact) mass is 442 g/mol. The predicted molar refractivity (Wildman–Crippen MR) is 127 cm³/mol. The second-order valence-corrected chi connectivity index (χ2v) is 9.73. The van der Waals surface area contributed by atoms with Crippen molar-refractivity contribution in [1.29, 1.82) is 0 Å². The van der Waals surface area contributed by atoms with E-state index in [0.29, 0.717) is 23.4 Å². The highest BCUT2D eigenvalue weighted by Gasteiger charge is 2.40. The van der Waals surface area contributed by atoms with Gasteiger partial charge in [-0.1, -0.05) is 67.3 Å². The summed E-state index contributed by atoms with van der Waals surface area (Å²) < 4.78 is 5.97. The molecule has 1 saturated heterocycles. The van der Waals surface area contributed by atoms with Crippen LogP contribution in [0.4, 0.5) is 0 Å². The first-order valence-electron chi connectivity index (χ1n) is 11.7. The first-order valence-corrected chi connectivity index (χ1v) is 12.1. The molecule has 2 aromatic rings. The number of benzene rings is 2. The van der Waals surface area contributed by atoms with Crippen LogP contribution < -0.4 is 10.5 Å². The maximum Gasteiger partial charge on any atom is 0.138 e. The van der Waals surface area contributed by atoms with E-state index in [-0.39, 0.29) is 5.92 Å². The summed E-state index contributed by atoms with van der Waals surface area (Å²) in [6, 6.07) is 16.5. The molecule has 4 rings (SSSR count). The van der Waals surface area contributed by atoms with E-state index in [0.717, 1.165) is 69.3 Å². The van der Waals surface area contributed by atoms with Gasteiger partial charge in [0.25, 0.3) is 0 Å². The molecule has 1 aliphatic carbocycles. The average molecular weight is 443 g/mol. The Morgan fingerprint density at radius 2 is 1.77 bits per heavy atom. The molecule has 1 unspecified atom stereocenters. The molecule has 0 bridgehead atoms. The van der Waals surface area contributed by atoms with Crippen molar-refractivity contribution in [3.05, 3.63) is 64.7 Å². The smallest absolute Gasteiger partial charge is 0.138 e. The number of rotatable bonds is 7. The largest absolute Gasteiger partial charge is 0.487 e. The summed E-state index contributed by atoms with van der Waals surface area (Å²) in [6.45, 7) is 3.34. The van der Waals surface area contributed by atoms with Crippen LogP contribution in [0.25, 0.3) is 0 Å². The number of ether oxygens (including phenoxy) is 1. The van der Waals surface area contributed by atoms with Crippen LogP contribution in [0.1, 0.15) is 62.0 Å². The minimum absolute atomic E-state index is 0.0443. The molecule has 1 saturated carbocycles. The lowest BCUT2D eigenvalue weighted by Gasteiger charge is -2.43. The van der Waals surface area contributed by atoms with E-state index in [2.05, 4.69) is 11.0 Å². The highest BCUT2D eigenvalue weighted by atomic mass is 35.5. The fourth-order valence-corrected chi connectivity index (χ4v) is 5.32. The van der Waals surface area contributed by atoms with Crippen LogP contribution in [0.3, 0.4) is 0 Å². The van der Waals surface area contributed by atoms with Crippen LogP contribution in [0.5, 0.6) is 5.75 Å². The Morgan fingerprint density at radius 1 is 1.06 bits per heavy atom. The van der Waals surface area contributed by atoms with Crippen LogP contribution in [0.15, 0.2) is 48.5 Å². The molecule has 168 valence electrons. The fraction of sp³-hybridized carbons (Fsp3) is 0.538. The Hall–Kier alpha value is -1.59. The minimum atomic E-state index is -0.673. The Kier molecular flexibility index (Phi) is 7.55. The summed E-state index contributed by atoms with van der Waals surface area (Å²) in [6.07, 6.45) is 7.15.